The highest BCUT2D eigenvalue weighted by Gasteiger charge is 2.32. The van der Waals surface area contributed by atoms with Crippen LogP contribution in [-0.4, -0.2) is 25.1 Å². The van der Waals surface area contributed by atoms with Crippen LogP contribution in [0, 0.1) is 0 Å². The number of aromatic amines is 1. The summed E-state index contributed by atoms with van der Waals surface area (Å²) < 4.78 is 47.7. The molecule has 2 N–H and O–H groups in total. The van der Waals surface area contributed by atoms with Gasteiger partial charge in [-0.15, -0.1) is 0 Å². The van der Waals surface area contributed by atoms with Crippen LogP contribution in [0.25, 0.3) is 0 Å². The molecule has 1 aromatic heterocycles. The summed E-state index contributed by atoms with van der Waals surface area (Å²) in [6, 6.07) is 4.13. The first kappa shape index (κ1) is 18.7. The summed E-state index contributed by atoms with van der Waals surface area (Å²) in [6.07, 6.45) is -4.72. The van der Waals surface area contributed by atoms with Gasteiger partial charge in [-0.3, -0.25) is 9.59 Å². The van der Waals surface area contributed by atoms with Crippen molar-refractivity contribution in [2.45, 2.75) is 6.18 Å². The second-order valence-electron chi connectivity index (χ2n) is 4.75. The van der Waals surface area contributed by atoms with Crippen LogP contribution in [0.2, 0.25) is 5.02 Å². The highest BCUT2D eigenvalue weighted by Crippen LogP contribution is 2.36. The topological polar surface area (TPSA) is 80.4 Å². The maximum Gasteiger partial charge on any atom is 0.431 e. The summed E-state index contributed by atoms with van der Waals surface area (Å²) in [5.41, 5.74) is -2.80. The van der Waals surface area contributed by atoms with Crippen molar-refractivity contribution in [3.8, 4) is 11.5 Å². The zero-order valence-corrected chi connectivity index (χ0v) is 13.7. The minimum absolute atomic E-state index is 0.123. The molecule has 0 atom stereocenters. The number of H-pyrrole nitrogens is 1. The average molecular weight is 377 g/mol. The quantitative estimate of drug-likeness (QED) is 0.857. The third-order valence-corrected chi connectivity index (χ3v) is 3.48. The van der Waals surface area contributed by atoms with Crippen molar-refractivity contribution < 1.29 is 27.4 Å². The van der Waals surface area contributed by atoms with Crippen LogP contribution in [-0.2, 0) is 6.18 Å². The number of methoxy groups -OCH3 is 2. The smallest absolute Gasteiger partial charge is 0.431 e. The van der Waals surface area contributed by atoms with E-state index in [2.05, 4.69) is 5.32 Å². The van der Waals surface area contributed by atoms with Crippen molar-refractivity contribution in [1.82, 2.24) is 4.98 Å². The predicted molar refractivity (Wildman–Crippen MR) is 84.6 cm³/mol. The maximum absolute atomic E-state index is 12.5. The molecule has 10 heteroatoms. The molecule has 0 saturated heterocycles. The molecule has 1 heterocycles. The lowest BCUT2D eigenvalue weighted by molar-refractivity contribution is -0.141. The minimum Gasteiger partial charge on any atom is -0.495 e. The van der Waals surface area contributed by atoms with E-state index in [0.29, 0.717) is 11.8 Å². The van der Waals surface area contributed by atoms with Gasteiger partial charge in [0.05, 0.1) is 24.9 Å². The summed E-state index contributed by atoms with van der Waals surface area (Å²) in [7, 11) is 2.73. The van der Waals surface area contributed by atoms with Crippen molar-refractivity contribution in [1.29, 1.82) is 0 Å². The highest BCUT2D eigenvalue weighted by molar-refractivity contribution is 6.32. The number of anilines is 1. The molecule has 2 aromatic rings. The monoisotopic (exact) mass is 376 g/mol. The SMILES string of the molecule is COc1cc(OC)c(NC(=O)c2ccc(C(F)(F)F)[nH]c2=O)cc1Cl. The molecule has 1 amide bonds. The number of halogens is 4. The summed E-state index contributed by atoms with van der Waals surface area (Å²) in [5, 5.41) is 2.53. The fraction of sp³-hybridized carbons (Fsp3) is 0.200. The van der Waals surface area contributed by atoms with Gasteiger partial charge in [0.15, 0.2) is 0 Å². The van der Waals surface area contributed by atoms with E-state index in [1.807, 2.05) is 0 Å². The van der Waals surface area contributed by atoms with Crippen LogP contribution in [0.5, 0.6) is 11.5 Å². The van der Waals surface area contributed by atoms with Gasteiger partial charge in [-0.2, -0.15) is 13.2 Å². The molecule has 0 fully saturated rings. The Morgan fingerprint density at radius 2 is 1.80 bits per heavy atom. The number of carbonyl (C=O) groups is 1. The number of nitrogens with one attached hydrogen (secondary N) is 2. The number of amides is 1. The molecule has 0 spiro atoms. The second kappa shape index (κ2) is 7.06. The molecule has 0 unspecified atom stereocenters. The van der Waals surface area contributed by atoms with Crippen molar-refractivity contribution in [2.24, 2.45) is 0 Å². The zero-order chi connectivity index (χ0) is 18.8. The summed E-state index contributed by atoms with van der Waals surface area (Å²) in [5.74, 6) is -0.434. The van der Waals surface area contributed by atoms with Gasteiger partial charge in [0.25, 0.3) is 11.5 Å². The average Bonchev–Trinajstić information content (AvgIpc) is 2.54. The molecule has 0 aliphatic carbocycles. The molecule has 6 nitrogen and oxygen atoms in total. The van der Waals surface area contributed by atoms with Crippen molar-refractivity contribution in [3.05, 3.63) is 50.9 Å². The first-order chi connectivity index (χ1) is 11.7. The Labute approximate surface area is 144 Å². The van der Waals surface area contributed by atoms with E-state index in [1.165, 1.54) is 26.4 Å². The van der Waals surface area contributed by atoms with Crippen molar-refractivity contribution >= 4 is 23.2 Å². The molecule has 2 rings (SSSR count). The van der Waals surface area contributed by atoms with E-state index in [4.69, 9.17) is 21.1 Å². The van der Waals surface area contributed by atoms with Gasteiger partial charge < -0.3 is 19.8 Å². The number of alkyl halides is 3. The number of rotatable bonds is 4. The first-order valence-electron chi connectivity index (χ1n) is 6.70. The molecule has 1 aromatic carbocycles. The Morgan fingerprint density at radius 3 is 2.32 bits per heavy atom. The third kappa shape index (κ3) is 4.05. The van der Waals surface area contributed by atoms with Crippen LogP contribution in [0.4, 0.5) is 18.9 Å². The standard InChI is InChI=1S/C15H12ClF3N2O4/c1-24-10-6-11(25-2)9(5-8(10)16)20-13(22)7-3-4-12(15(17,18)19)21-14(7)23/h3-6H,1-2H3,(H,20,22)(H,21,23). The minimum atomic E-state index is -4.72. The Balaban J connectivity index is 2.35. The molecule has 0 aliphatic rings. The van der Waals surface area contributed by atoms with E-state index in [-0.39, 0.29) is 16.5 Å². The number of hydrogen-bond acceptors (Lipinski definition) is 4. The number of aromatic nitrogens is 1. The van der Waals surface area contributed by atoms with E-state index in [1.54, 1.807) is 4.98 Å². The van der Waals surface area contributed by atoms with Crippen LogP contribution >= 0.6 is 11.6 Å². The van der Waals surface area contributed by atoms with Gasteiger partial charge in [0, 0.05) is 6.07 Å². The van der Waals surface area contributed by atoms with Gasteiger partial charge in [0.2, 0.25) is 0 Å². The summed E-state index contributed by atoms with van der Waals surface area (Å²) in [4.78, 5) is 25.6. The highest BCUT2D eigenvalue weighted by atomic mass is 35.5. The Hall–Kier alpha value is -2.68. The molecule has 0 bridgehead atoms. The Bertz CT molecular complexity index is 865. The normalized spacial score (nSPS) is 11.1. The number of benzene rings is 1. The number of ether oxygens (including phenoxy) is 2. The summed E-state index contributed by atoms with van der Waals surface area (Å²) in [6.45, 7) is 0. The Morgan fingerprint density at radius 1 is 1.16 bits per heavy atom. The van der Waals surface area contributed by atoms with Crippen LogP contribution < -0.4 is 20.3 Å². The predicted octanol–water partition coefficient (Wildman–Crippen LogP) is 3.32. The van der Waals surface area contributed by atoms with Crippen LogP contribution in [0.15, 0.2) is 29.1 Å². The van der Waals surface area contributed by atoms with Gasteiger partial charge in [-0.05, 0) is 18.2 Å². The Kier molecular flexibility index (Phi) is 5.27. The first-order valence-corrected chi connectivity index (χ1v) is 7.08. The largest absolute Gasteiger partial charge is 0.495 e. The molecular weight excluding hydrogens is 365 g/mol. The lowest BCUT2D eigenvalue weighted by Gasteiger charge is -2.13. The fourth-order valence-electron chi connectivity index (χ4n) is 1.97. The number of carbonyl (C=O) groups excluding carboxylic acids is 1. The van der Waals surface area contributed by atoms with Crippen LogP contribution in [0.1, 0.15) is 16.1 Å². The molecular formula is C15H12ClF3N2O4. The van der Waals surface area contributed by atoms with Gasteiger partial charge in [0.1, 0.15) is 22.8 Å². The van der Waals surface area contributed by atoms with Crippen molar-refractivity contribution in [3.63, 3.8) is 0 Å². The van der Waals surface area contributed by atoms with E-state index >= 15 is 0 Å². The van der Waals surface area contributed by atoms with E-state index in [0.717, 1.165) is 6.07 Å². The van der Waals surface area contributed by atoms with Gasteiger partial charge in [-0.1, -0.05) is 11.6 Å². The number of pyridine rings is 1. The molecule has 0 aliphatic heterocycles. The number of hydrogen-bond donors (Lipinski definition) is 2. The third-order valence-electron chi connectivity index (χ3n) is 3.18. The maximum atomic E-state index is 12.5. The van der Waals surface area contributed by atoms with E-state index in [9.17, 15) is 22.8 Å². The molecule has 0 radical (unpaired) electrons. The van der Waals surface area contributed by atoms with Gasteiger partial charge in [-0.25, -0.2) is 0 Å². The lowest BCUT2D eigenvalue weighted by Crippen LogP contribution is -2.25. The zero-order valence-electron chi connectivity index (χ0n) is 13.0. The molecule has 134 valence electrons. The van der Waals surface area contributed by atoms with Crippen LogP contribution in [0.3, 0.4) is 0 Å². The lowest BCUT2D eigenvalue weighted by atomic mass is 10.2. The van der Waals surface area contributed by atoms with E-state index < -0.39 is 28.9 Å². The second-order valence-corrected chi connectivity index (χ2v) is 5.16. The molecule has 0 saturated carbocycles. The molecule has 25 heavy (non-hydrogen) atoms. The fourth-order valence-corrected chi connectivity index (χ4v) is 2.21. The van der Waals surface area contributed by atoms with Gasteiger partial charge >= 0.3 is 6.18 Å². The van der Waals surface area contributed by atoms with Crippen molar-refractivity contribution in [2.75, 3.05) is 19.5 Å². The summed E-state index contributed by atoms with van der Waals surface area (Å²) >= 11 is 5.97.